The molecule has 1 amide bonds. The predicted octanol–water partition coefficient (Wildman–Crippen LogP) is 2.04. The highest BCUT2D eigenvalue weighted by molar-refractivity contribution is 9.10. The van der Waals surface area contributed by atoms with Crippen LogP contribution < -0.4 is 10.6 Å². The SMILES string of the molecule is CN(C)C(=O)c1cccc(NC2=NS(=O)N=C2NCc2cc(Br)co2)c1O. The summed E-state index contributed by atoms with van der Waals surface area (Å²) in [7, 11) is 3.18. The van der Waals surface area contributed by atoms with E-state index in [2.05, 4.69) is 35.4 Å². The Hall–Kier alpha value is -2.66. The Morgan fingerprint density at radius 1 is 1.33 bits per heavy atom. The fourth-order valence-electron chi connectivity index (χ4n) is 2.26. The number of hydrogen-bond acceptors (Lipinski definition) is 6. The molecule has 0 saturated heterocycles. The van der Waals surface area contributed by atoms with E-state index in [0.717, 1.165) is 4.47 Å². The van der Waals surface area contributed by atoms with E-state index in [4.69, 9.17) is 4.42 Å². The fourth-order valence-corrected chi connectivity index (χ4v) is 3.25. The lowest BCUT2D eigenvalue weighted by Crippen LogP contribution is -2.33. The Bertz CT molecular complexity index is 969. The monoisotopic (exact) mass is 453 g/mol. The molecule has 0 fully saturated rings. The van der Waals surface area contributed by atoms with E-state index in [1.165, 1.54) is 11.0 Å². The number of carbonyl (C=O) groups excluding carboxylic acids is 1. The van der Waals surface area contributed by atoms with Crippen LogP contribution in [0.5, 0.6) is 5.75 Å². The first kappa shape index (κ1) is 19.1. The van der Waals surface area contributed by atoms with Gasteiger partial charge in [-0.1, -0.05) is 6.07 Å². The van der Waals surface area contributed by atoms with Gasteiger partial charge in [0.1, 0.15) is 12.0 Å². The largest absolute Gasteiger partial charge is 0.505 e. The molecule has 0 saturated carbocycles. The zero-order valence-electron chi connectivity index (χ0n) is 14.4. The van der Waals surface area contributed by atoms with Gasteiger partial charge in [-0.2, -0.15) is 0 Å². The lowest BCUT2D eigenvalue weighted by atomic mass is 10.1. The van der Waals surface area contributed by atoms with Crippen molar-refractivity contribution in [2.45, 2.75) is 6.54 Å². The van der Waals surface area contributed by atoms with Gasteiger partial charge in [0, 0.05) is 14.1 Å². The first-order valence-corrected chi connectivity index (χ1v) is 9.58. The Balaban J connectivity index is 1.77. The number of anilines is 1. The molecule has 27 heavy (non-hydrogen) atoms. The molecule has 2 aromatic rings. The van der Waals surface area contributed by atoms with Crippen molar-refractivity contribution < 1.29 is 18.5 Å². The molecule has 142 valence electrons. The molecule has 11 heteroatoms. The number of phenols is 1. The van der Waals surface area contributed by atoms with Crippen LogP contribution in [-0.4, -0.2) is 45.9 Å². The molecule has 1 aromatic carbocycles. The number of carbonyl (C=O) groups is 1. The van der Waals surface area contributed by atoms with Crippen LogP contribution in [0.25, 0.3) is 0 Å². The number of furan rings is 1. The third-order valence-corrected chi connectivity index (χ3v) is 4.63. The highest BCUT2D eigenvalue weighted by Gasteiger charge is 2.22. The number of para-hydroxylation sites is 1. The highest BCUT2D eigenvalue weighted by atomic mass is 79.9. The molecule has 1 aromatic heterocycles. The summed E-state index contributed by atoms with van der Waals surface area (Å²) in [4.78, 5) is 13.5. The Kier molecular flexibility index (Phi) is 5.61. The first-order valence-electron chi connectivity index (χ1n) is 7.72. The van der Waals surface area contributed by atoms with Crippen LogP contribution in [0.1, 0.15) is 16.1 Å². The molecular formula is C16H16BrN5O4S. The van der Waals surface area contributed by atoms with E-state index in [0.29, 0.717) is 12.3 Å². The van der Waals surface area contributed by atoms with Crippen LogP contribution in [0.3, 0.4) is 0 Å². The third kappa shape index (κ3) is 4.37. The Morgan fingerprint density at radius 3 is 2.74 bits per heavy atom. The summed E-state index contributed by atoms with van der Waals surface area (Å²) in [6.07, 6.45) is 1.55. The maximum atomic E-state index is 12.1. The maximum Gasteiger partial charge on any atom is 0.269 e. The number of benzene rings is 1. The number of amides is 1. The minimum atomic E-state index is -1.78. The second-order valence-corrected chi connectivity index (χ2v) is 7.46. The third-order valence-electron chi connectivity index (χ3n) is 3.54. The minimum Gasteiger partial charge on any atom is -0.505 e. The minimum absolute atomic E-state index is 0.136. The quantitative estimate of drug-likeness (QED) is 0.609. The standard InChI is InChI=1S/C16H16BrN5O4S/c1-22(2)16(24)11-4-3-5-12(13(11)23)19-15-14(20-27(25)21-15)18-7-10-6-9(17)8-26-10/h3-6,8,23H,7H2,1-2H3,(H,18,20)(H,19,21). The van der Waals surface area contributed by atoms with Crippen molar-refractivity contribution in [3.05, 3.63) is 46.3 Å². The number of rotatable bonds is 4. The summed E-state index contributed by atoms with van der Waals surface area (Å²) in [6, 6.07) is 6.49. The van der Waals surface area contributed by atoms with Crippen molar-refractivity contribution in [2.24, 2.45) is 8.80 Å². The molecule has 0 aliphatic carbocycles. The molecule has 1 aliphatic rings. The van der Waals surface area contributed by atoms with Gasteiger partial charge < -0.3 is 25.1 Å². The lowest BCUT2D eigenvalue weighted by molar-refractivity contribution is 0.0824. The number of aromatic hydroxyl groups is 1. The van der Waals surface area contributed by atoms with E-state index in [9.17, 15) is 14.1 Å². The summed E-state index contributed by atoms with van der Waals surface area (Å²) in [5, 5.41) is 16.3. The van der Waals surface area contributed by atoms with Gasteiger partial charge in [0.15, 0.2) is 17.4 Å². The van der Waals surface area contributed by atoms with Gasteiger partial charge in [0.25, 0.3) is 17.1 Å². The molecule has 0 bridgehead atoms. The van der Waals surface area contributed by atoms with Crippen LogP contribution in [0.2, 0.25) is 0 Å². The summed E-state index contributed by atoms with van der Waals surface area (Å²) in [5.41, 5.74) is 0.382. The van der Waals surface area contributed by atoms with Crippen molar-refractivity contribution >= 4 is 50.4 Å². The Morgan fingerprint density at radius 2 is 2.07 bits per heavy atom. The molecule has 2 heterocycles. The molecule has 9 nitrogen and oxygen atoms in total. The average Bonchev–Trinajstić information content (AvgIpc) is 3.19. The topological polar surface area (TPSA) is 120 Å². The first-order chi connectivity index (χ1) is 12.8. The van der Waals surface area contributed by atoms with Crippen molar-refractivity contribution in [2.75, 3.05) is 19.4 Å². The molecule has 3 N–H and O–H groups in total. The molecule has 1 unspecified atom stereocenters. The Labute approximate surface area is 166 Å². The zero-order valence-corrected chi connectivity index (χ0v) is 16.8. The van der Waals surface area contributed by atoms with Gasteiger partial charge in [-0.3, -0.25) is 4.79 Å². The van der Waals surface area contributed by atoms with E-state index in [-0.39, 0.29) is 34.6 Å². The van der Waals surface area contributed by atoms with E-state index >= 15 is 0 Å². The maximum absolute atomic E-state index is 12.1. The van der Waals surface area contributed by atoms with Crippen LogP contribution in [0.4, 0.5) is 5.69 Å². The normalized spacial score (nSPS) is 15.9. The molecule has 1 aliphatic heterocycles. The smallest absolute Gasteiger partial charge is 0.269 e. The number of halogens is 1. The summed E-state index contributed by atoms with van der Waals surface area (Å²) in [5.74, 6) is 0.505. The molecule has 0 radical (unpaired) electrons. The van der Waals surface area contributed by atoms with Crippen LogP contribution in [0.15, 0.2) is 48.2 Å². The van der Waals surface area contributed by atoms with Gasteiger partial charge >= 0.3 is 0 Å². The van der Waals surface area contributed by atoms with Crippen LogP contribution in [0, 0.1) is 0 Å². The second-order valence-electron chi connectivity index (χ2n) is 5.72. The van der Waals surface area contributed by atoms with Crippen molar-refractivity contribution in [3.63, 3.8) is 0 Å². The number of amidine groups is 2. The molecular weight excluding hydrogens is 438 g/mol. The van der Waals surface area contributed by atoms with Gasteiger partial charge in [-0.05, 0) is 34.1 Å². The van der Waals surface area contributed by atoms with Gasteiger partial charge in [0.2, 0.25) is 0 Å². The van der Waals surface area contributed by atoms with E-state index in [1.54, 1.807) is 38.6 Å². The number of nitrogens with zero attached hydrogens (tertiary/aromatic N) is 3. The number of nitrogens with one attached hydrogen (secondary N) is 2. The zero-order chi connectivity index (χ0) is 19.6. The molecule has 3 rings (SSSR count). The highest BCUT2D eigenvalue weighted by Crippen LogP contribution is 2.28. The number of phenolic OH excluding ortho intramolecular Hbond substituents is 1. The number of hydrogen-bond donors (Lipinski definition) is 3. The fraction of sp³-hybridized carbons (Fsp3) is 0.188. The van der Waals surface area contributed by atoms with E-state index in [1.807, 2.05) is 0 Å². The van der Waals surface area contributed by atoms with Gasteiger partial charge in [-0.15, -0.1) is 8.80 Å². The van der Waals surface area contributed by atoms with E-state index < -0.39 is 11.2 Å². The van der Waals surface area contributed by atoms with Crippen molar-refractivity contribution in [1.29, 1.82) is 0 Å². The molecule has 0 spiro atoms. The average molecular weight is 454 g/mol. The van der Waals surface area contributed by atoms with Crippen LogP contribution >= 0.6 is 15.9 Å². The predicted molar refractivity (Wildman–Crippen MR) is 106 cm³/mol. The summed E-state index contributed by atoms with van der Waals surface area (Å²) < 4.78 is 25.6. The second kappa shape index (κ2) is 7.92. The van der Waals surface area contributed by atoms with Crippen LogP contribution in [-0.2, 0) is 17.7 Å². The molecule has 1 atom stereocenters. The van der Waals surface area contributed by atoms with Crippen molar-refractivity contribution in [1.82, 2.24) is 10.2 Å². The summed E-state index contributed by atoms with van der Waals surface area (Å²) >= 11 is 1.51. The van der Waals surface area contributed by atoms with Gasteiger partial charge in [0.05, 0.1) is 22.3 Å². The lowest BCUT2D eigenvalue weighted by Gasteiger charge is -2.15. The van der Waals surface area contributed by atoms with Crippen molar-refractivity contribution in [3.8, 4) is 5.75 Å². The summed E-state index contributed by atoms with van der Waals surface area (Å²) in [6.45, 7) is 0.299. The van der Waals surface area contributed by atoms with Gasteiger partial charge in [-0.25, -0.2) is 4.21 Å².